The van der Waals surface area contributed by atoms with E-state index in [1.54, 1.807) is 65.3 Å². The highest BCUT2D eigenvalue weighted by Crippen LogP contribution is 2.43. The Kier molecular flexibility index (Phi) is 16.9. The number of fused-ring (bicyclic) bond motifs is 2. The number of carbonyl (C=O) groups is 6. The number of anilines is 5. The summed E-state index contributed by atoms with van der Waals surface area (Å²) in [7, 11) is 3.10. The minimum absolute atomic E-state index is 0.0385. The van der Waals surface area contributed by atoms with Crippen LogP contribution in [0.15, 0.2) is 85.7 Å². The molecule has 0 saturated carbocycles. The molecule has 3 aliphatic heterocycles. The van der Waals surface area contributed by atoms with E-state index < -0.39 is 48.6 Å². The Balaban J connectivity index is 0.860. The highest BCUT2D eigenvalue weighted by molar-refractivity contribution is 7.17. The van der Waals surface area contributed by atoms with Gasteiger partial charge in [0.1, 0.15) is 12.3 Å². The number of ether oxygens (including phenoxy) is 5. The second kappa shape index (κ2) is 23.6. The van der Waals surface area contributed by atoms with Crippen molar-refractivity contribution >= 4 is 75.4 Å². The van der Waals surface area contributed by atoms with E-state index in [9.17, 15) is 41.9 Å². The van der Waals surface area contributed by atoms with Gasteiger partial charge in [-0.05, 0) is 112 Å². The van der Waals surface area contributed by atoms with E-state index in [0.717, 1.165) is 25.7 Å². The predicted octanol–water partition coefficient (Wildman–Crippen LogP) is 9.28. The maximum Gasteiger partial charge on any atom is 0.471 e. The number of rotatable bonds is 17. The van der Waals surface area contributed by atoms with Crippen LogP contribution in [0.5, 0.6) is 11.5 Å². The van der Waals surface area contributed by atoms with E-state index in [0.29, 0.717) is 64.1 Å². The van der Waals surface area contributed by atoms with E-state index in [-0.39, 0.29) is 72.0 Å². The maximum absolute atomic E-state index is 14.3. The molecular weight excluding hydrogens is 1000 g/mol. The Labute approximate surface area is 433 Å². The van der Waals surface area contributed by atoms with Crippen molar-refractivity contribution in [2.75, 3.05) is 59.6 Å². The molecule has 5 aromatic rings. The van der Waals surface area contributed by atoms with Gasteiger partial charge < -0.3 is 54.4 Å². The summed E-state index contributed by atoms with van der Waals surface area (Å²) in [5, 5.41) is 10.1. The molecule has 0 bridgehead atoms. The van der Waals surface area contributed by atoms with Crippen LogP contribution < -0.4 is 35.6 Å². The number of piperidine rings is 1. The van der Waals surface area contributed by atoms with Crippen LogP contribution in [0.25, 0.3) is 10.6 Å². The van der Waals surface area contributed by atoms with Crippen LogP contribution in [0.1, 0.15) is 87.4 Å². The molecule has 0 radical (unpaired) electrons. The molecule has 8 rings (SSSR count). The molecule has 0 aliphatic carbocycles. The normalized spacial score (nSPS) is 17.4. The number of hydrogen-bond acceptors (Lipinski definition) is 13. The van der Waals surface area contributed by atoms with Gasteiger partial charge >= 0.3 is 18.2 Å². The maximum atomic E-state index is 14.3. The first-order chi connectivity index (χ1) is 36.0. The van der Waals surface area contributed by atoms with Gasteiger partial charge in [-0.3, -0.25) is 29.0 Å². The molecule has 0 spiro atoms. The molecule has 75 heavy (non-hydrogen) atoms. The predicted molar refractivity (Wildman–Crippen MR) is 272 cm³/mol. The summed E-state index contributed by atoms with van der Waals surface area (Å²) in [5.74, 6) is -3.17. The number of carbonyl (C=O) groups excluding carboxylic acids is 6. The summed E-state index contributed by atoms with van der Waals surface area (Å²) < 4.78 is 69.3. The zero-order valence-electron chi connectivity index (χ0n) is 41.3. The molecule has 396 valence electrons. The molecule has 6 heterocycles. The number of pyridine rings is 1. The Morgan fingerprint density at radius 2 is 1.63 bits per heavy atom. The summed E-state index contributed by atoms with van der Waals surface area (Å²) in [6, 6.07) is 14.5. The molecule has 3 atom stereocenters. The third-order valence-corrected chi connectivity index (χ3v) is 13.8. The number of hydrogen-bond donors (Lipinski definition) is 4. The smallest absolute Gasteiger partial charge is 0.471 e. The minimum Gasteiger partial charge on any atom is -0.493 e. The first kappa shape index (κ1) is 53.5. The van der Waals surface area contributed by atoms with Crippen LogP contribution in [-0.4, -0.2) is 108 Å². The van der Waals surface area contributed by atoms with Crippen molar-refractivity contribution in [1.82, 2.24) is 14.5 Å². The first-order valence-electron chi connectivity index (χ1n) is 24.1. The van der Waals surface area contributed by atoms with Gasteiger partial charge in [-0.25, -0.2) is 9.69 Å². The van der Waals surface area contributed by atoms with Crippen molar-refractivity contribution in [3.8, 4) is 22.1 Å². The minimum atomic E-state index is -5.04. The lowest BCUT2D eigenvalue weighted by Crippen LogP contribution is -2.57. The molecule has 2 aromatic carbocycles. The van der Waals surface area contributed by atoms with Gasteiger partial charge in [-0.2, -0.15) is 13.2 Å². The SMILES string of the molecule is C=CCOC(=O)N1c2cc(OCCCC(=O)Nc3cc(C(=O)Nc4ccc(-c5cc(C)c(C(=O)Nc6ccc(NC(=O)C(F)(F)F)cc6)s5)nc4)n(C)c3)c(OC)cc2C(=O)N2CCCC[C@H]2C1OC1CCCCO1. The Morgan fingerprint density at radius 3 is 2.32 bits per heavy atom. The van der Waals surface area contributed by atoms with Gasteiger partial charge in [0.15, 0.2) is 24.0 Å². The lowest BCUT2D eigenvalue weighted by Gasteiger charge is -2.42. The van der Waals surface area contributed by atoms with Crippen LogP contribution in [-0.2, 0) is 30.8 Å². The number of amides is 6. The fourth-order valence-corrected chi connectivity index (χ4v) is 9.90. The Bertz CT molecular complexity index is 2940. The van der Waals surface area contributed by atoms with Gasteiger partial charge in [0.2, 0.25) is 5.91 Å². The number of nitrogens with zero attached hydrogens (tertiary/aromatic N) is 4. The molecule has 2 unspecified atom stereocenters. The lowest BCUT2D eigenvalue weighted by molar-refractivity contribution is -0.198. The standard InChI is InChI=1S/C52H55F3N8O11S/c1-5-21-73-51(69)63-38-27-41(40(70-4)26-35(38)48(67)62-20-8-6-11-37(62)49(63)74-44-13-7-9-22-72-44)71-23-10-12-43(64)57-34-25-39(61(3)29-34)46(65)59-33-18-19-36(56-28-33)42-24-30(2)45(75-42)47(66)58-31-14-16-32(17-15-31)60-50(68)52(53,54)55/h5,14-19,24-29,37,44,49H,1,6-13,20-23H2,2-4H3,(H,57,64)(H,58,66)(H,59,65)(H,60,68)/t37-,44?,49?/m0/s1. The van der Waals surface area contributed by atoms with Crippen LogP contribution in [0, 0.1) is 6.92 Å². The number of aryl methyl sites for hydroxylation is 2. The summed E-state index contributed by atoms with van der Waals surface area (Å²) in [5.41, 5.74) is 2.84. The quantitative estimate of drug-likeness (QED) is 0.0506. The van der Waals surface area contributed by atoms with Gasteiger partial charge in [-0.15, -0.1) is 11.3 Å². The molecular formula is C52H55F3N8O11S. The topological polar surface area (TPSA) is 221 Å². The van der Waals surface area contributed by atoms with Crippen LogP contribution >= 0.6 is 11.3 Å². The van der Waals surface area contributed by atoms with Crippen molar-refractivity contribution in [2.45, 2.75) is 83.0 Å². The number of benzene rings is 2. The molecule has 3 aliphatic rings. The number of methoxy groups -OCH3 is 1. The fourth-order valence-electron chi connectivity index (χ4n) is 8.86. The van der Waals surface area contributed by atoms with Crippen molar-refractivity contribution in [1.29, 1.82) is 0 Å². The zero-order chi connectivity index (χ0) is 53.4. The van der Waals surface area contributed by atoms with Crippen molar-refractivity contribution in [2.24, 2.45) is 7.05 Å². The van der Waals surface area contributed by atoms with Crippen molar-refractivity contribution < 1.29 is 65.6 Å². The number of halogens is 3. The summed E-state index contributed by atoms with van der Waals surface area (Å²) in [6.07, 6.45) is 2.17. The average molecular weight is 1060 g/mol. The zero-order valence-corrected chi connectivity index (χ0v) is 42.1. The van der Waals surface area contributed by atoms with E-state index in [4.69, 9.17) is 23.7 Å². The highest BCUT2D eigenvalue weighted by Gasteiger charge is 2.47. The molecule has 2 fully saturated rings. The average Bonchev–Trinajstić information content (AvgIpc) is 3.95. The first-order valence-corrected chi connectivity index (χ1v) is 25.0. The summed E-state index contributed by atoms with van der Waals surface area (Å²) in [6.45, 7) is 6.40. The number of nitrogens with one attached hydrogen (secondary N) is 4. The molecule has 3 aromatic heterocycles. The molecule has 4 N–H and O–H groups in total. The number of thiophene rings is 1. The van der Waals surface area contributed by atoms with Crippen LogP contribution in [0.4, 0.5) is 46.4 Å². The second-order valence-electron chi connectivity index (χ2n) is 17.9. The molecule has 6 amide bonds. The van der Waals surface area contributed by atoms with Gasteiger partial charge in [0.25, 0.3) is 17.7 Å². The van der Waals surface area contributed by atoms with Gasteiger partial charge in [-0.1, -0.05) is 12.7 Å². The van der Waals surface area contributed by atoms with Crippen LogP contribution in [0.3, 0.4) is 0 Å². The monoisotopic (exact) mass is 1060 g/mol. The fraction of sp³-hybridized carbons (Fsp3) is 0.365. The third kappa shape index (κ3) is 12.8. The third-order valence-electron chi connectivity index (χ3n) is 12.5. The van der Waals surface area contributed by atoms with E-state index in [1.165, 1.54) is 66.0 Å². The van der Waals surface area contributed by atoms with Crippen molar-refractivity contribution in [3.63, 3.8) is 0 Å². The number of alkyl halides is 3. The lowest BCUT2D eigenvalue weighted by atomic mass is 10.00. The largest absolute Gasteiger partial charge is 0.493 e. The summed E-state index contributed by atoms with van der Waals surface area (Å²) >= 11 is 1.17. The molecule has 2 saturated heterocycles. The van der Waals surface area contributed by atoms with E-state index in [1.807, 2.05) is 0 Å². The van der Waals surface area contributed by atoms with Gasteiger partial charge in [0.05, 0.1) is 64.0 Å². The molecule has 19 nitrogen and oxygen atoms in total. The van der Waals surface area contributed by atoms with Crippen LogP contribution in [0.2, 0.25) is 0 Å². The van der Waals surface area contributed by atoms with Gasteiger partial charge in [0, 0.05) is 50.3 Å². The second-order valence-corrected chi connectivity index (χ2v) is 18.9. The molecule has 23 heteroatoms. The van der Waals surface area contributed by atoms with Crippen molar-refractivity contribution in [3.05, 3.63) is 107 Å². The Morgan fingerprint density at radius 1 is 0.893 bits per heavy atom. The highest BCUT2D eigenvalue weighted by atomic mass is 32.1. The van der Waals surface area contributed by atoms with E-state index in [2.05, 4.69) is 27.5 Å². The number of aromatic nitrogens is 2. The van der Waals surface area contributed by atoms with E-state index >= 15 is 0 Å². The Hall–Kier alpha value is -7.76. The summed E-state index contributed by atoms with van der Waals surface area (Å²) in [4.78, 5) is 87.8.